The minimum absolute atomic E-state index is 0.0358. The second kappa shape index (κ2) is 6.08. The third-order valence-electron chi connectivity index (χ3n) is 2.78. The molecule has 0 aliphatic carbocycles. The molecule has 0 fully saturated rings. The predicted molar refractivity (Wildman–Crippen MR) is 76.8 cm³/mol. The number of esters is 1. The molecule has 0 bridgehead atoms. The third kappa shape index (κ3) is 3.19. The summed E-state index contributed by atoms with van der Waals surface area (Å²) in [4.78, 5) is 11.7. The number of halogens is 1. The van der Waals surface area contributed by atoms with Gasteiger partial charge in [-0.15, -0.1) is 0 Å². The number of carbonyl (C=O) groups excluding carboxylic acids is 1. The number of carbonyl (C=O) groups is 1. The Bertz CT molecular complexity index is 619. The van der Waals surface area contributed by atoms with E-state index in [1.807, 2.05) is 13.8 Å². The molecule has 2 heterocycles. The number of hydrogen-bond donors (Lipinski definition) is 1. The van der Waals surface area contributed by atoms with Crippen LogP contribution in [0, 0.1) is 6.92 Å². The molecule has 2 aromatic rings. The highest BCUT2D eigenvalue weighted by molar-refractivity contribution is 9.10. The van der Waals surface area contributed by atoms with Crippen LogP contribution >= 0.6 is 15.9 Å². The number of rotatable bonds is 5. The van der Waals surface area contributed by atoms with E-state index in [1.54, 1.807) is 16.9 Å². The first-order chi connectivity index (χ1) is 9.51. The van der Waals surface area contributed by atoms with Gasteiger partial charge in [-0.05, 0) is 35.8 Å². The van der Waals surface area contributed by atoms with Gasteiger partial charge in [0.2, 0.25) is 0 Å². The van der Waals surface area contributed by atoms with Gasteiger partial charge in [0.15, 0.2) is 0 Å². The van der Waals surface area contributed by atoms with Crippen LogP contribution in [0.25, 0.3) is 0 Å². The van der Waals surface area contributed by atoms with Crippen molar-refractivity contribution >= 4 is 27.7 Å². The second-order valence-corrected chi connectivity index (χ2v) is 5.05. The summed E-state index contributed by atoms with van der Waals surface area (Å²) in [6, 6.07) is 1.62. The summed E-state index contributed by atoms with van der Waals surface area (Å²) in [5, 5.41) is 8.27. The molecule has 0 atom stereocenters. The van der Waals surface area contributed by atoms with E-state index in [0.29, 0.717) is 5.82 Å². The van der Waals surface area contributed by atoms with Gasteiger partial charge in [-0.25, -0.2) is 0 Å². The molecule has 0 saturated heterocycles. The molecular formula is C12H16BrN5O2. The van der Waals surface area contributed by atoms with Gasteiger partial charge in [0.05, 0.1) is 15.9 Å². The molecule has 0 radical (unpaired) electrons. The first-order valence-corrected chi connectivity index (χ1v) is 6.97. The largest absolute Gasteiger partial charge is 0.458 e. The van der Waals surface area contributed by atoms with Crippen molar-refractivity contribution in [1.82, 2.24) is 19.6 Å². The lowest BCUT2D eigenvalue weighted by Gasteiger charge is -2.07. The van der Waals surface area contributed by atoms with Crippen LogP contribution in [-0.2, 0) is 29.2 Å². The summed E-state index contributed by atoms with van der Waals surface area (Å²) in [6.07, 6.45) is 1.63. The Labute approximate surface area is 124 Å². The first-order valence-electron chi connectivity index (χ1n) is 6.17. The van der Waals surface area contributed by atoms with Crippen LogP contribution in [0.4, 0.5) is 5.82 Å². The number of nitrogens with two attached hydrogens (primary N) is 1. The maximum absolute atomic E-state index is 11.7. The summed E-state index contributed by atoms with van der Waals surface area (Å²) in [5.74, 6) is 0.00161. The average molecular weight is 342 g/mol. The molecule has 8 heteroatoms. The first kappa shape index (κ1) is 14.6. The van der Waals surface area contributed by atoms with Crippen molar-refractivity contribution in [3.63, 3.8) is 0 Å². The van der Waals surface area contributed by atoms with Crippen molar-refractivity contribution in [2.75, 3.05) is 5.73 Å². The van der Waals surface area contributed by atoms with Gasteiger partial charge in [-0.3, -0.25) is 14.2 Å². The van der Waals surface area contributed by atoms with Crippen molar-refractivity contribution < 1.29 is 9.53 Å². The number of ether oxygens (including phenoxy) is 1. The van der Waals surface area contributed by atoms with Gasteiger partial charge in [-0.1, -0.05) is 0 Å². The zero-order valence-corrected chi connectivity index (χ0v) is 12.9. The van der Waals surface area contributed by atoms with E-state index in [2.05, 4.69) is 26.1 Å². The molecular weight excluding hydrogens is 326 g/mol. The molecule has 2 N–H and O–H groups in total. The second-order valence-electron chi connectivity index (χ2n) is 4.26. The van der Waals surface area contributed by atoms with Gasteiger partial charge >= 0.3 is 5.97 Å². The molecule has 108 valence electrons. The normalized spacial score (nSPS) is 10.8. The molecule has 2 rings (SSSR count). The van der Waals surface area contributed by atoms with Crippen LogP contribution in [0.1, 0.15) is 18.3 Å². The fraction of sp³-hybridized carbons (Fsp3) is 0.417. The highest BCUT2D eigenvalue weighted by Gasteiger charge is 2.14. The lowest BCUT2D eigenvalue weighted by molar-refractivity contribution is -0.146. The van der Waals surface area contributed by atoms with Crippen LogP contribution in [0.3, 0.4) is 0 Å². The molecule has 7 nitrogen and oxygen atoms in total. The lowest BCUT2D eigenvalue weighted by Crippen LogP contribution is -2.15. The Morgan fingerprint density at radius 3 is 2.85 bits per heavy atom. The Balaban J connectivity index is 1.96. The van der Waals surface area contributed by atoms with Gasteiger partial charge in [0, 0.05) is 12.7 Å². The summed E-state index contributed by atoms with van der Waals surface area (Å²) in [5.41, 5.74) is 7.20. The van der Waals surface area contributed by atoms with Gasteiger partial charge < -0.3 is 10.5 Å². The molecule has 0 saturated carbocycles. The number of nitrogens with zero attached hydrogens (tertiary/aromatic N) is 4. The fourth-order valence-electron chi connectivity index (χ4n) is 1.80. The van der Waals surface area contributed by atoms with E-state index in [0.717, 1.165) is 22.4 Å². The van der Waals surface area contributed by atoms with E-state index in [4.69, 9.17) is 10.5 Å². The molecule has 20 heavy (non-hydrogen) atoms. The Morgan fingerprint density at radius 1 is 1.50 bits per heavy atom. The van der Waals surface area contributed by atoms with Crippen molar-refractivity contribution in [3.05, 3.63) is 28.1 Å². The molecule has 0 amide bonds. The Hall–Kier alpha value is -1.83. The molecule has 0 spiro atoms. The van der Waals surface area contributed by atoms with Crippen molar-refractivity contribution in [2.45, 2.75) is 33.5 Å². The topological polar surface area (TPSA) is 88.0 Å². The molecule has 0 aliphatic rings. The van der Waals surface area contributed by atoms with E-state index >= 15 is 0 Å². The smallest absolute Gasteiger partial charge is 0.328 e. The SMILES string of the molecule is CCn1nc(C)c(Br)c1COC(=O)Cn1ccc(N)n1. The van der Waals surface area contributed by atoms with E-state index in [9.17, 15) is 4.79 Å². The van der Waals surface area contributed by atoms with Crippen LogP contribution in [0.2, 0.25) is 0 Å². The monoisotopic (exact) mass is 341 g/mol. The van der Waals surface area contributed by atoms with Gasteiger partial charge in [0.25, 0.3) is 0 Å². The zero-order valence-electron chi connectivity index (χ0n) is 11.3. The number of aromatic nitrogens is 4. The maximum Gasteiger partial charge on any atom is 0.328 e. The predicted octanol–water partition coefficient (Wildman–Crippen LogP) is 1.50. The van der Waals surface area contributed by atoms with Gasteiger partial charge in [-0.2, -0.15) is 10.2 Å². The zero-order chi connectivity index (χ0) is 14.7. The highest BCUT2D eigenvalue weighted by Crippen LogP contribution is 2.21. The number of nitrogen functional groups attached to an aromatic ring is 1. The lowest BCUT2D eigenvalue weighted by atomic mass is 10.4. The highest BCUT2D eigenvalue weighted by atomic mass is 79.9. The number of anilines is 1. The average Bonchev–Trinajstić information content (AvgIpc) is 2.92. The summed E-state index contributed by atoms with van der Waals surface area (Å²) >= 11 is 3.45. The Kier molecular flexibility index (Phi) is 4.43. The van der Waals surface area contributed by atoms with E-state index < -0.39 is 0 Å². The Morgan fingerprint density at radius 2 is 2.25 bits per heavy atom. The van der Waals surface area contributed by atoms with Crippen molar-refractivity contribution in [2.24, 2.45) is 0 Å². The number of aryl methyl sites for hydroxylation is 2. The number of hydrogen-bond acceptors (Lipinski definition) is 5. The van der Waals surface area contributed by atoms with E-state index in [-0.39, 0.29) is 19.1 Å². The summed E-state index contributed by atoms with van der Waals surface area (Å²) in [6.45, 7) is 4.80. The van der Waals surface area contributed by atoms with Crippen molar-refractivity contribution in [3.8, 4) is 0 Å². The summed E-state index contributed by atoms with van der Waals surface area (Å²) < 4.78 is 9.36. The standard InChI is InChI=1S/C12H16BrN5O2/c1-3-18-9(12(13)8(2)15-18)7-20-11(19)6-17-5-4-10(14)16-17/h4-5H,3,6-7H2,1-2H3,(H2,14,16). The van der Waals surface area contributed by atoms with Crippen LogP contribution in [-0.4, -0.2) is 25.5 Å². The van der Waals surface area contributed by atoms with E-state index in [1.165, 1.54) is 4.68 Å². The quantitative estimate of drug-likeness (QED) is 0.832. The van der Waals surface area contributed by atoms with Crippen LogP contribution < -0.4 is 5.73 Å². The fourth-order valence-corrected chi connectivity index (χ4v) is 2.20. The molecule has 2 aromatic heterocycles. The van der Waals surface area contributed by atoms with Crippen LogP contribution in [0.15, 0.2) is 16.7 Å². The van der Waals surface area contributed by atoms with Crippen molar-refractivity contribution in [1.29, 1.82) is 0 Å². The van der Waals surface area contributed by atoms with Crippen LogP contribution in [0.5, 0.6) is 0 Å². The van der Waals surface area contributed by atoms with Gasteiger partial charge in [0.1, 0.15) is 19.0 Å². The third-order valence-corrected chi connectivity index (χ3v) is 3.81. The molecule has 0 unspecified atom stereocenters. The molecule has 0 aromatic carbocycles. The minimum atomic E-state index is -0.374. The molecule has 0 aliphatic heterocycles. The summed E-state index contributed by atoms with van der Waals surface area (Å²) in [7, 11) is 0. The minimum Gasteiger partial charge on any atom is -0.458 e. The maximum atomic E-state index is 11.7.